The number of rotatable bonds is 5. The minimum atomic E-state index is 0.453. The summed E-state index contributed by atoms with van der Waals surface area (Å²) in [7, 11) is 0. The van der Waals surface area contributed by atoms with E-state index in [1.165, 1.54) is 25.7 Å². The second-order valence-electron chi connectivity index (χ2n) is 4.50. The second-order valence-corrected chi connectivity index (χ2v) is 4.50. The summed E-state index contributed by atoms with van der Waals surface area (Å²) in [5.74, 6) is 0. The largest absolute Gasteiger partial charge is 0.337 e. The summed E-state index contributed by atoms with van der Waals surface area (Å²) in [6.45, 7) is 4.52. The molecule has 0 saturated heterocycles. The molecule has 1 N–H and O–H groups in total. The van der Waals surface area contributed by atoms with Gasteiger partial charge in [-0.15, -0.1) is 0 Å². The molecular weight excluding hydrogens is 174 g/mol. The lowest BCUT2D eigenvalue weighted by atomic mass is 9.78. The Labute approximate surface area is 85.5 Å². The van der Waals surface area contributed by atoms with Crippen molar-refractivity contribution in [3.63, 3.8) is 0 Å². The summed E-state index contributed by atoms with van der Waals surface area (Å²) in [4.78, 5) is 4.02. The maximum Gasteiger partial charge on any atom is 0.0945 e. The standard InChI is InChI=1S/C11H19N3/c1-11(4-2-5-11)13-6-3-8-14-9-7-12-10-14/h7,9-10,13H,2-6,8H2,1H3. The molecular formula is C11H19N3. The fraction of sp³-hybridized carbons (Fsp3) is 0.727. The Balaban J connectivity index is 1.59. The Morgan fingerprint density at radius 3 is 2.93 bits per heavy atom. The molecule has 3 heteroatoms. The van der Waals surface area contributed by atoms with Gasteiger partial charge in [0, 0.05) is 24.5 Å². The minimum Gasteiger partial charge on any atom is -0.337 e. The summed E-state index contributed by atoms with van der Waals surface area (Å²) < 4.78 is 2.13. The van der Waals surface area contributed by atoms with Crippen LogP contribution in [0.15, 0.2) is 18.7 Å². The van der Waals surface area contributed by atoms with E-state index in [-0.39, 0.29) is 0 Å². The minimum absolute atomic E-state index is 0.453. The van der Waals surface area contributed by atoms with E-state index in [0.29, 0.717) is 5.54 Å². The van der Waals surface area contributed by atoms with Crippen molar-refractivity contribution in [1.29, 1.82) is 0 Å². The number of nitrogens with one attached hydrogen (secondary N) is 1. The van der Waals surface area contributed by atoms with Crippen LogP contribution in [0.4, 0.5) is 0 Å². The molecule has 1 saturated carbocycles. The highest BCUT2D eigenvalue weighted by atomic mass is 15.0. The molecule has 1 aliphatic rings. The molecule has 1 heterocycles. The van der Waals surface area contributed by atoms with Gasteiger partial charge in [-0.25, -0.2) is 4.98 Å². The zero-order chi connectivity index (χ0) is 9.86. The van der Waals surface area contributed by atoms with Gasteiger partial charge in [0.25, 0.3) is 0 Å². The zero-order valence-corrected chi connectivity index (χ0v) is 8.87. The Bertz CT molecular complexity index is 262. The summed E-state index contributed by atoms with van der Waals surface area (Å²) in [5.41, 5.74) is 0.453. The molecule has 1 aromatic rings. The normalized spacial score (nSPS) is 19.2. The maximum atomic E-state index is 4.02. The highest BCUT2D eigenvalue weighted by molar-refractivity contribution is 4.91. The molecule has 0 bridgehead atoms. The van der Waals surface area contributed by atoms with E-state index >= 15 is 0 Å². The monoisotopic (exact) mass is 193 g/mol. The molecule has 0 atom stereocenters. The van der Waals surface area contributed by atoms with E-state index in [1.54, 1.807) is 0 Å². The van der Waals surface area contributed by atoms with Gasteiger partial charge in [0.05, 0.1) is 6.33 Å². The van der Waals surface area contributed by atoms with Crippen molar-refractivity contribution >= 4 is 0 Å². The van der Waals surface area contributed by atoms with E-state index in [1.807, 2.05) is 18.7 Å². The van der Waals surface area contributed by atoms with Gasteiger partial charge in [-0.05, 0) is 39.2 Å². The number of nitrogens with zero attached hydrogens (tertiary/aromatic N) is 2. The molecule has 0 spiro atoms. The number of hydrogen-bond acceptors (Lipinski definition) is 2. The second kappa shape index (κ2) is 4.13. The quantitative estimate of drug-likeness (QED) is 0.723. The molecule has 0 aromatic carbocycles. The van der Waals surface area contributed by atoms with Crippen LogP contribution in [0.5, 0.6) is 0 Å². The molecule has 0 amide bonds. The average Bonchev–Trinajstić information content (AvgIpc) is 2.62. The van der Waals surface area contributed by atoms with Crippen LogP contribution in [0.25, 0.3) is 0 Å². The SMILES string of the molecule is CC1(NCCCn2ccnc2)CCC1. The number of hydrogen-bond donors (Lipinski definition) is 1. The topological polar surface area (TPSA) is 29.9 Å². The van der Waals surface area contributed by atoms with Crippen molar-refractivity contribution < 1.29 is 0 Å². The Hall–Kier alpha value is -0.830. The summed E-state index contributed by atoms with van der Waals surface area (Å²) in [5, 5.41) is 3.62. The third-order valence-corrected chi connectivity index (χ3v) is 3.16. The summed E-state index contributed by atoms with van der Waals surface area (Å²) in [6, 6.07) is 0. The number of imidazole rings is 1. The number of aryl methyl sites for hydroxylation is 1. The Kier molecular flexibility index (Phi) is 2.87. The fourth-order valence-electron chi connectivity index (χ4n) is 1.95. The van der Waals surface area contributed by atoms with Crippen molar-refractivity contribution in [3.8, 4) is 0 Å². The van der Waals surface area contributed by atoms with Crippen LogP contribution in [0.1, 0.15) is 32.6 Å². The molecule has 0 radical (unpaired) electrons. The van der Waals surface area contributed by atoms with Gasteiger partial charge in [-0.1, -0.05) is 0 Å². The lowest BCUT2D eigenvalue weighted by Gasteiger charge is -2.39. The first kappa shape index (κ1) is 9.71. The third-order valence-electron chi connectivity index (χ3n) is 3.16. The predicted molar refractivity (Wildman–Crippen MR) is 57.1 cm³/mol. The van der Waals surface area contributed by atoms with Crippen LogP contribution in [-0.2, 0) is 6.54 Å². The van der Waals surface area contributed by atoms with Gasteiger partial charge in [0.15, 0.2) is 0 Å². The van der Waals surface area contributed by atoms with Crippen LogP contribution < -0.4 is 5.32 Å². The van der Waals surface area contributed by atoms with Crippen LogP contribution >= 0.6 is 0 Å². The molecule has 3 nitrogen and oxygen atoms in total. The first-order valence-corrected chi connectivity index (χ1v) is 5.49. The third kappa shape index (κ3) is 2.35. The fourth-order valence-corrected chi connectivity index (χ4v) is 1.95. The smallest absolute Gasteiger partial charge is 0.0945 e. The van der Waals surface area contributed by atoms with Gasteiger partial charge in [-0.3, -0.25) is 0 Å². The van der Waals surface area contributed by atoms with Crippen molar-refractivity contribution in [2.24, 2.45) is 0 Å². The Morgan fingerprint density at radius 1 is 1.50 bits per heavy atom. The van der Waals surface area contributed by atoms with Crippen LogP contribution in [0, 0.1) is 0 Å². The maximum absolute atomic E-state index is 4.02. The molecule has 1 fully saturated rings. The number of aromatic nitrogens is 2. The summed E-state index contributed by atoms with van der Waals surface area (Å²) >= 11 is 0. The van der Waals surface area contributed by atoms with Crippen molar-refractivity contribution in [1.82, 2.24) is 14.9 Å². The molecule has 0 aliphatic heterocycles. The van der Waals surface area contributed by atoms with E-state index < -0.39 is 0 Å². The van der Waals surface area contributed by atoms with Crippen molar-refractivity contribution in [3.05, 3.63) is 18.7 Å². The molecule has 1 aliphatic carbocycles. The lowest BCUT2D eigenvalue weighted by Crippen LogP contribution is -2.48. The lowest BCUT2D eigenvalue weighted by molar-refractivity contribution is 0.208. The molecule has 2 rings (SSSR count). The van der Waals surface area contributed by atoms with Gasteiger partial charge >= 0.3 is 0 Å². The highest BCUT2D eigenvalue weighted by Crippen LogP contribution is 2.30. The van der Waals surface area contributed by atoms with Gasteiger partial charge in [-0.2, -0.15) is 0 Å². The molecule has 1 aromatic heterocycles. The predicted octanol–water partition coefficient (Wildman–Crippen LogP) is 1.81. The molecule has 0 unspecified atom stereocenters. The first-order chi connectivity index (χ1) is 6.79. The molecule has 14 heavy (non-hydrogen) atoms. The van der Waals surface area contributed by atoms with Gasteiger partial charge < -0.3 is 9.88 Å². The van der Waals surface area contributed by atoms with Gasteiger partial charge in [0.1, 0.15) is 0 Å². The summed E-state index contributed by atoms with van der Waals surface area (Å²) in [6.07, 6.45) is 11.0. The van der Waals surface area contributed by atoms with E-state index in [9.17, 15) is 0 Å². The average molecular weight is 193 g/mol. The van der Waals surface area contributed by atoms with E-state index in [2.05, 4.69) is 21.8 Å². The van der Waals surface area contributed by atoms with Crippen LogP contribution in [0.2, 0.25) is 0 Å². The Morgan fingerprint density at radius 2 is 2.36 bits per heavy atom. The van der Waals surface area contributed by atoms with Crippen molar-refractivity contribution in [2.75, 3.05) is 6.54 Å². The van der Waals surface area contributed by atoms with Crippen LogP contribution in [0.3, 0.4) is 0 Å². The highest BCUT2D eigenvalue weighted by Gasteiger charge is 2.30. The van der Waals surface area contributed by atoms with Crippen LogP contribution in [-0.4, -0.2) is 21.6 Å². The van der Waals surface area contributed by atoms with Gasteiger partial charge in [0.2, 0.25) is 0 Å². The zero-order valence-electron chi connectivity index (χ0n) is 8.87. The van der Waals surface area contributed by atoms with E-state index in [4.69, 9.17) is 0 Å². The first-order valence-electron chi connectivity index (χ1n) is 5.49. The van der Waals surface area contributed by atoms with Crippen molar-refractivity contribution in [2.45, 2.75) is 44.7 Å². The molecule has 78 valence electrons. The van der Waals surface area contributed by atoms with E-state index in [0.717, 1.165) is 13.1 Å².